The largest absolute Gasteiger partial charge is 0.455 e. The van der Waals surface area contributed by atoms with Crippen LogP contribution in [0.1, 0.15) is 23.1 Å². The van der Waals surface area contributed by atoms with Gasteiger partial charge in [-0.15, -0.1) is 0 Å². The van der Waals surface area contributed by atoms with Gasteiger partial charge in [0.15, 0.2) is 0 Å². The summed E-state index contributed by atoms with van der Waals surface area (Å²) in [5, 5.41) is 4.81. The summed E-state index contributed by atoms with van der Waals surface area (Å²) in [6, 6.07) is 14.6. The van der Waals surface area contributed by atoms with Gasteiger partial charge in [0.25, 0.3) is 0 Å². The van der Waals surface area contributed by atoms with E-state index >= 15 is 0 Å². The van der Waals surface area contributed by atoms with Gasteiger partial charge in [-0.3, -0.25) is 0 Å². The molecule has 1 aromatic heterocycles. The van der Waals surface area contributed by atoms with Crippen LogP contribution in [0.15, 0.2) is 59.0 Å². The van der Waals surface area contributed by atoms with Crippen molar-refractivity contribution in [2.45, 2.75) is 18.8 Å². The molecule has 1 heterocycles. The predicted octanol–water partition coefficient (Wildman–Crippen LogP) is 5.25. The first kappa shape index (κ1) is 16.5. The molecular weight excluding hydrogens is 322 g/mol. The third kappa shape index (κ3) is 3.43. The Morgan fingerprint density at radius 2 is 1.71 bits per heavy atom. The van der Waals surface area contributed by atoms with Gasteiger partial charge in [-0.05, 0) is 28.5 Å². The average molecular weight is 337 g/mol. The number of hydrogen-bond acceptors (Lipinski definition) is 2. The number of nitrogens with one attached hydrogen (secondary N) is 1. The molecule has 0 fully saturated rings. The predicted molar refractivity (Wildman–Crippen MR) is 83.2 cm³/mol. The van der Waals surface area contributed by atoms with Crippen molar-refractivity contribution in [3.8, 4) is 0 Å². The van der Waals surface area contributed by atoms with Crippen molar-refractivity contribution in [1.82, 2.24) is 5.32 Å². The van der Waals surface area contributed by atoms with Gasteiger partial charge in [0, 0.05) is 0 Å². The number of hydrogen-bond donors (Lipinski definition) is 1. The van der Waals surface area contributed by atoms with Crippen molar-refractivity contribution < 1.29 is 22.0 Å². The van der Waals surface area contributed by atoms with Crippen molar-refractivity contribution in [3.63, 3.8) is 0 Å². The zero-order valence-corrected chi connectivity index (χ0v) is 12.6. The monoisotopic (exact) mass is 337 g/mol. The number of fused-ring (bicyclic) bond motifs is 1. The van der Waals surface area contributed by atoms with E-state index in [9.17, 15) is 17.6 Å². The second-order valence-corrected chi connectivity index (χ2v) is 5.42. The molecule has 1 atom stereocenters. The standard InChI is InChI=1S/C18H15F4NO/c19-10-16(15-7-3-5-12-4-1-2-6-14(12)15)23-11-13-8-9-17(24-13)18(20,21)22/h1-9,16,23H,10-11H2. The second-order valence-electron chi connectivity index (χ2n) is 5.42. The summed E-state index contributed by atoms with van der Waals surface area (Å²) in [5.41, 5.74) is 0.762. The van der Waals surface area contributed by atoms with E-state index in [1.165, 1.54) is 6.07 Å². The number of alkyl halides is 4. The molecule has 0 aliphatic rings. The number of rotatable bonds is 5. The summed E-state index contributed by atoms with van der Waals surface area (Å²) in [7, 11) is 0. The van der Waals surface area contributed by atoms with E-state index in [1.807, 2.05) is 42.5 Å². The van der Waals surface area contributed by atoms with Gasteiger partial charge in [0.05, 0.1) is 12.6 Å². The molecule has 1 unspecified atom stereocenters. The second kappa shape index (κ2) is 6.65. The molecule has 3 aromatic rings. The molecule has 0 bridgehead atoms. The highest BCUT2D eigenvalue weighted by atomic mass is 19.4. The lowest BCUT2D eigenvalue weighted by molar-refractivity contribution is -0.153. The van der Waals surface area contributed by atoms with Crippen LogP contribution in [0.3, 0.4) is 0 Å². The molecule has 0 radical (unpaired) electrons. The highest BCUT2D eigenvalue weighted by Crippen LogP contribution is 2.31. The lowest BCUT2D eigenvalue weighted by atomic mass is 9.99. The number of furan rings is 1. The molecule has 0 aliphatic carbocycles. The first-order valence-electron chi connectivity index (χ1n) is 7.42. The third-order valence-corrected chi connectivity index (χ3v) is 3.82. The fourth-order valence-electron chi connectivity index (χ4n) is 2.65. The average Bonchev–Trinajstić information content (AvgIpc) is 3.05. The topological polar surface area (TPSA) is 25.2 Å². The molecule has 6 heteroatoms. The Labute approximate surface area is 136 Å². The highest BCUT2D eigenvalue weighted by molar-refractivity contribution is 5.86. The maximum Gasteiger partial charge on any atom is 0.449 e. The number of halogens is 4. The summed E-state index contributed by atoms with van der Waals surface area (Å²) >= 11 is 0. The van der Waals surface area contributed by atoms with Crippen molar-refractivity contribution in [1.29, 1.82) is 0 Å². The Bertz CT molecular complexity index is 820. The van der Waals surface area contributed by atoms with E-state index in [4.69, 9.17) is 4.42 Å². The fraction of sp³-hybridized carbons (Fsp3) is 0.222. The summed E-state index contributed by atoms with van der Waals surface area (Å²) in [4.78, 5) is 0. The van der Waals surface area contributed by atoms with Crippen molar-refractivity contribution in [3.05, 3.63) is 71.7 Å². The minimum Gasteiger partial charge on any atom is -0.455 e. The van der Waals surface area contributed by atoms with Crippen LogP contribution in [0.5, 0.6) is 0 Å². The lowest BCUT2D eigenvalue weighted by Gasteiger charge is -2.17. The molecule has 2 aromatic carbocycles. The lowest BCUT2D eigenvalue weighted by Crippen LogP contribution is -2.22. The summed E-state index contributed by atoms with van der Waals surface area (Å²) in [6.45, 7) is -0.672. The van der Waals surface area contributed by atoms with E-state index in [1.54, 1.807) is 0 Å². The maximum absolute atomic E-state index is 13.5. The fourth-order valence-corrected chi connectivity index (χ4v) is 2.65. The summed E-state index contributed by atoms with van der Waals surface area (Å²) < 4.78 is 55.8. The van der Waals surface area contributed by atoms with Crippen LogP contribution in [0, 0.1) is 0 Å². The van der Waals surface area contributed by atoms with Gasteiger partial charge in [0.1, 0.15) is 12.4 Å². The van der Waals surface area contributed by atoms with Crippen LogP contribution in [-0.4, -0.2) is 6.67 Å². The van der Waals surface area contributed by atoms with E-state index in [-0.39, 0.29) is 12.3 Å². The van der Waals surface area contributed by atoms with Gasteiger partial charge in [-0.2, -0.15) is 13.2 Å². The summed E-state index contributed by atoms with van der Waals surface area (Å²) in [6.07, 6.45) is -4.52. The van der Waals surface area contributed by atoms with Crippen molar-refractivity contribution >= 4 is 10.8 Å². The van der Waals surface area contributed by atoms with E-state index < -0.39 is 24.7 Å². The summed E-state index contributed by atoms with van der Waals surface area (Å²) in [5.74, 6) is -0.942. The molecule has 0 saturated carbocycles. The molecule has 0 spiro atoms. The first-order chi connectivity index (χ1) is 11.5. The Hall–Kier alpha value is -2.34. The molecular formula is C18H15F4NO. The van der Waals surface area contributed by atoms with Gasteiger partial charge in [0.2, 0.25) is 5.76 Å². The van der Waals surface area contributed by atoms with Crippen LogP contribution in [-0.2, 0) is 12.7 Å². The zero-order valence-electron chi connectivity index (χ0n) is 12.6. The van der Waals surface area contributed by atoms with Crippen LogP contribution in [0.4, 0.5) is 17.6 Å². The molecule has 0 aliphatic heterocycles. The third-order valence-electron chi connectivity index (χ3n) is 3.82. The minimum absolute atomic E-state index is 0.00783. The Balaban J connectivity index is 1.78. The molecule has 1 N–H and O–H groups in total. The van der Waals surface area contributed by atoms with Crippen molar-refractivity contribution in [2.75, 3.05) is 6.67 Å². The molecule has 2 nitrogen and oxygen atoms in total. The van der Waals surface area contributed by atoms with Crippen LogP contribution in [0.2, 0.25) is 0 Å². The van der Waals surface area contributed by atoms with Crippen molar-refractivity contribution in [2.24, 2.45) is 0 Å². The molecule has 3 rings (SSSR count). The molecule has 0 amide bonds. The van der Waals surface area contributed by atoms with E-state index in [0.29, 0.717) is 0 Å². The normalized spacial score (nSPS) is 13.3. The highest BCUT2D eigenvalue weighted by Gasteiger charge is 2.34. The van der Waals surface area contributed by atoms with E-state index in [2.05, 4.69) is 5.32 Å². The Morgan fingerprint density at radius 3 is 2.42 bits per heavy atom. The van der Waals surface area contributed by atoms with E-state index in [0.717, 1.165) is 22.4 Å². The van der Waals surface area contributed by atoms with Gasteiger partial charge in [-0.1, -0.05) is 42.5 Å². The molecule has 126 valence electrons. The van der Waals surface area contributed by atoms with Gasteiger partial charge < -0.3 is 9.73 Å². The Morgan fingerprint density at radius 1 is 0.958 bits per heavy atom. The zero-order chi connectivity index (χ0) is 17.2. The molecule has 24 heavy (non-hydrogen) atoms. The first-order valence-corrected chi connectivity index (χ1v) is 7.42. The van der Waals surface area contributed by atoms with Gasteiger partial charge in [-0.25, -0.2) is 4.39 Å². The Kier molecular flexibility index (Phi) is 4.57. The smallest absolute Gasteiger partial charge is 0.449 e. The van der Waals surface area contributed by atoms with Crippen LogP contribution >= 0.6 is 0 Å². The minimum atomic E-state index is -4.52. The quantitative estimate of drug-likeness (QED) is 0.643. The van der Waals surface area contributed by atoms with Crippen LogP contribution in [0.25, 0.3) is 10.8 Å². The van der Waals surface area contributed by atoms with Crippen LogP contribution < -0.4 is 5.32 Å². The number of benzene rings is 2. The van der Waals surface area contributed by atoms with Gasteiger partial charge >= 0.3 is 6.18 Å². The molecule has 0 saturated heterocycles. The maximum atomic E-state index is 13.5. The SMILES string of the molecule is FCC(NCc1ccc(C(F)(F)F)o1)c1cccc2ccccc12.